The minimum atomic E-state index is -0.777. The Morgan fingerprint density at radius 2 is 2.00 bits per heavy atom. The summed E-state index contributed by atoms with van der Waals surface area (Å²) in [5.41, 5.74) is 1.08. The van der Waals surface area contributed by atoms with Crippen molar-refractivity contribution in [1.82, 2.24) is 0 Å². The highest BCUT2D eigenvalue weighted by Crippen LogP contribution is 2.41. The molecule has 1 aromatic carbocycles. The fourth-order valence-electron chi connectivity index (χ4n) is 2.37. The predicted octanol–water partition coefficient (Wildman–Crippen LogP) is 2.75. The minimum absolute atomic E-state index is 0.679. The van der Waals surface area contributed by atoms with E-state index in [4.69, 9.17) is 0 Å². The topological polar surface area (TPSA) is 37.3 Å². The molecule has 0 saturated heterocycles. The Morgan fingerprint density at radius 3 is 2.47 bits per heavy atom. The monoisotopic (exact) mass is 202 g/mol. The zero-order valence-corrected chi connectivity index (χ0v) is 8.73. The van der Waals surface area contributed by atoms with Gasteiger partial charge in [-0.25, -0.2) is 0 Å². The molecule has 2 rings (SSSR count). The summed E-state index contributed by atoms with van der Waals surface area (Å²) in [5.74, 6) is -0.736. The number of rotatable bonds is 2. The van der Waals surface area contributed by atoms with Crippen molar-refractivity contribution >= 4 is 5.97 Å². The zero-order chi connectivity index (χ0) is 10.9. The van der Waals surface area contributed by atoms with Crippen molar-refractivity contribution in [2.24, 2.45) is 0 Å². The van der Waals surface area contributed by atoms with E-state index in [9.17, 15) is 9.90 Å². The van der Waals surface area contributed by atoms with E-state index in [0.717, 1.165) is 17.6 Å². The van der Waals surface area contributed by atoms with E-state index in [1.807, 2.05) is 43.3 Å². The summed E-state index contributed by atoms with van der Waals surface area (Å²) < 4.78 is 0. The Balaban J connectivity index is 2.55. The molecule has 0 saturated carbocycles. The second-order valence-corrected chi connectivity index (χ2v) is 4.00. The Kier molecular flexibility index (Phi) is 2.35. The third kappa shape index (κ3) is 1.37. The van der Waals surface area contributed by atoms with Crippen LogP contribution in [-0.4, -0.2) is 11.1 Å². The molecule has 0 fully saturated rings. The maximum atomic E-state index is 11.5. The van der Waals surface area contributed by atoms with Crippen LogP contribution in [0.1, 0.15) is 25.3 Å². The largest absolute Gasteiger partial charge is 0.480 e. The van der Waals surface area contributed by atoms with Crippen molar-refractivity contribution in [2.45, 2.75) is 25.2 Å². The van der Waals surface area contributed by atoms with Crippen molar-refractivity contribution in [3.63, 3.8) is 0 Å². The second-order valence-electron chi connectivity index (χ2n) is 4.00. The normalized spacial score (nSPS) is 25.0. The van der Waals surface area contributed by atoms with Crippen LogP contribution in [0, 0.1) is 0 Å². The number of benzene rings is 1. The van der Waals surface area contributed by atoms with Crippen LogP contribution in [0.25, 0.3) is 0 Å². The summed E-state index contributed by atoms with van der Waals surface area (Å²) in [4.78, 5) is 11.5. The first-order valence-electron chi connectivity index (χ1n) is 5.14. The highest BCUT2D eigenvalue weighted by Gasteiger charge is 2.43. The Bertz CT molecular complexity index is 406. The van der Waals surface area contributed by atoms with Crippen LogP contribution in [0.2, 0.25) is 0 Å². The van der Waals surface area contributed by atoms with E-state index in [1.165, 1.54) is 0 Å². The molecule has 1 unspecified atom stereocenters. The number of carboxylic acid groups (broad SMARTS) is 1. The van der Waals surface area contributed by atoms with Gasteiger partial charge in [-0.15, -0.1) is 0 Å². The SMILES string of the molecule is CC1=CCCC1(C(=O)O)c1ccccc1. The van der Waals surface area contributed by atoms with Crippen molar-refractivity contribution in [1.29, 1.82) is 0 Å². The lowest BCUT2D eigenvalue weighted by Crippen LogP contribution is -2.34. The van der Waals surface area contributed by atoms with Gasteiger partial charge in [-0.1, -0.05) is 42.0 Å². The van der Waals surface area contributed by atoms with E-state index in [2.05, 4.69) is 0 Å². The van der Waals surface area contributed by atoms with Crippen LogP contribution in [-0.2, 0) is 10.2 Å². The van der Waals surface area contributed by atoms with Gasteiger partial charge in [-0.05, 0) is 25.3 Å². The first-order valence-corrected chi connectivity index (χ1v) is 5.14. The zero-order valence-electron chi connectivity index (χ0n) is 8.73. The molecule has 0 radical (unpaired) electrons. The van der Waals surface area contributed by atoms with E-state index in [1.54, 1.807) is 0 Å². The molecule has 2 heteroatoms. The second kappa shape index (κ2) is 3.54. The third-order valence-electron chi connectivity index (χ3n) is 3.27. The predicted molar refractivity (Wildman–Crippen MR) is 58.7 cm³/mol. The molecule has 0 heterocycles. The van der Waals surface area contributed by atoms with Crippen LogP contribution in [0.4, 0.5) is 0 Å². The average Bonchev–Trinajstić information content (AvgIpc) is 2.62. The number of hydrogen-bond acceptors (Lipinski definition) is 1. The van der Waals surface area contributed by atoms with Crippen molar-refractivity contribution in [2.75, 3.05) is 0 Å². The van der Waals surface area contributed by atoms with Gasteiger partial charge in [0.25, 0.3) is 0 Å². The van der Waals surface area contributed by atoms with Crippen LogP contribution >= 0.6 is 0 Å². The maximum absolute atomic E-state index is 11.5. The van der Waals surface area contributed by atoms with Crippen LogP contribution in [0.3, 0.4) is 0 Å². The number of allylic oxidation sites excluding steroid dienone is 1. The molecule has 0 aromatic heterocycles. The van der Waals surface area contributed by atoms with E-state index in [0.29, 0.717) is 6.42 Å². The van der Waals surface area contributed by atoms with Gasteiger partial charge in [0.1, 0.15) is 5.41 Å². The van der Waals surface area contributed by atoms with E-state index < -0.39 is 11.4 Å². The summed E-state index contributed by atoms with van der Waals surface area (Å²) in [6.45, 7) is 1.91. The number of hydrogen-bond donors (Lipinski definition) is 1. The molecule has 1 atom stereocenters. The lowest BCUT2D eigenvalue weighted by molar-refractivity contribution is -0.142. The summed E-state index contributed by atoms with van der Waals surface area (Å²) >= 11 is 0. The summed E-state index contributed by atoms with van der Waals surface area (Å²) in [6, 6.07) is 9.50. The van der Waals surface area contributed by atoms with Gasteiger partial charge in [-0.3, -0.25) is 4.79 Å². The van der Waals surface area contributed by atoms with E-state index >= 15 is 0 Å². The maximum Gasteiger partial charge on any atom is 0.318 e. The quantitative estimate of drug-likeness (QED) is 0.749. The first kappa shape index (κ1) is 9.97. The molecule has 1 aromatic rings. The Hall–Kier alpha value is -1.57. The van der Waals surface area contributed by atoms with Gasteiger partial charge in [0.15, 0.2) is 0 Å². The fraction of sp³-hybridized carbons (Fsp3) is 0.308. The van der Waals surface area contributed by atoms with Crippen LogP contribution in [0.5, 0.6) is 0 Å². The molecular weight excluding hydrogens is 188 g/mol. The fourth-order valence-corrected chi connectivity index (χ4v) is 2.37. The molecule has 1 aliphatic carbocycles. The molecule has 78 valence electrons. The molecule has 0 bridgehead atoms. The Labute approximate surface area is 89.2 Å². The lowest BCUT2D eigenvalue weighted by atomic mass is 9.75. The average molecular weight is 202 g/mol. The standard InChI is InChI=1S/C13H14O2/c1-10-6-5-9-13(10,12(14)15)11-7-3-2-4-8-11/h2-4,6-8H,5,9H2,1H3,(H,14,15). The van der Waals surface area contributed by atoms with Gasteiger partial charge in [0.05, 0.1) is 0 Å². The van der Waals surface area contributed by atoms with Crippen molar-refractivity contribution < 1.29 is 9.90 Å². The molecule has 0 spiro atoms. The lowest BCUT2D eigenvalue weighted by Gasteiger charge is -2.26. The Morgan fingerprint density at radius 1 is 1.33 bits per heavy atom. The van der Waals surface area contributed by atoms with Gasteiger partial charge < -0.3 is 5.11 Å². The van der Waals surface area contributed by atoms with Gasteiger partial charge in [0, 0.05) is 0 Å². The molecule has 15 heavy (non-hydrogen) atoms. The molecule has 1 N–H and O–H groups in total. The number of carboxylic acids is 1. The number of carbonyl (C=O) groups is 1. The van der Waals surface area contributed by atoms with Gasteiger partial charge >= 0.3 is 5.97 Å². The van der Waals surface area contributed by atoms with Crippen LogP contribution < -0.4 is 0 Å². The minimum Gasteiger partial charge on any atom is -0.480 e. The molecule has 1 aliphatic rings. The summed E-state index contributed by atoms with van der Waals surface area (Å²) in [6.07, 6.45) is 3.56. The van der Waals surface area contributed by atoms with Crippen molar-refractivity contribution in [3.8, 4) is 0 Å². The molecular formula is C13H14O2. The van der Waals surface area contributed by atoms with Gasteiger partial charge in [-0.2, -0.15) is 0 Å². The molecule has 0 aliphatic heterocycles. The molecule has 0 amide bonds. The molecule has 2 nitrogen and oxygen atoms in total. The summed E-state index contributed by atoms with van der Waals surface area (Å²) in [5, 5.41) is 9.45. The summed E-state index contributed by atoms with van der Waals surface area (Å²) in [7, 11) is 0. The smallest absolute Gasteiger partial charge is 0.318 e. The van der Waals surface area contributed by atoms with Crippen molar-refractivity contribution in [3.05, 3.63) is 47.5 Å². The third-order valence-corrected chi connectivity index (χ3v) is 3.27. The first-order chi connectivity index (χ1) is 7.18. The van der Waals surface area contributed by atoms with Gasteiger partial charge in [0.2, 0.25) is 0 Å². The van der Waals surface area contributed by atoms with E-state index in [-0.39, 0.29) is 0 Å². The highest BCUT2D eigenvalue weighted by atomic mass is 16.4. The number of aliphatic carboxylic acids is 1. The highest BCUT2D eigenvalue weighted by molar-refractivity contribution is 5.86. The van der Waals surface area contributed by atoms with Crippen LogP contribution in [0.15, 0.2) is 42.0 Å².